The summed E-state index contributed by atoms with van der Waals surface area (Å²) in [5, 5.41) is 9.70. The van der Waals surface area contributed by atoms with Crippen molar-refractivity contribution in [3.8, 4) is 11.1 Å². The summed E-state index contributed by atoms with van der Waals surface area (Å²) in [4.78, 5) is 12.8. The van der Waals surface area contributed by atoms with Crippen LogP contribution >= 0.6 is 11.3 Å². The van der Waals surface area contributed by atoms with Crippen molar-refractivity contribution in [2.24, 2.45) is 0 Å². The number of rotatable bonds is 4. The van der Waals surface area contributed by atoms with E-state index in [2.05, 4.69) is 4.98 Å². The number of thiazole rings is 1. The maximum atomic E-state index is 13.3. The van der Waals surface area contributed by atoms with Crippen LogP contribution in [-0.4, -0.2) is 30.9 Å². The van der Waals surface area contributed by atoms with Crippen LogP contribution in [0.1, 0.15) is 4.88 Å². The lowest BCUT2D eigenvalue weighted by molar-refractivity contribution is -0.375. The molecule has 4 aromatic rings. The molecule has 1 N–H and O–H groups in total. The molecule has 0 spiro atoms. The molecule has 0 fully saturated rings. The van der Waals surface area contributed by atoms with Gasteiger partial charge in [0.25, 0.3) is 5.60 Å². The predicted molar refractivity (Wildman–Crippen MR) is 111 cm³/mol. The highest BCUT2D eigenvalue weighted by Crippen LogP contribution is 2.52. The molecule has 4 rings (SSSR count). The molecule has 0 atom stereocenters. The lowest BCUT2D eigenvalue weighted by Crippen LogP contribution is -2.53. The quantitative estimate of drug-likeness (QED) is 0.276. The zero-order valence-corrected chi connectivity index (χ0v) is 18.8. The first-order valence-electron chi connectivity index (χ1n) is 9.47. The maximum absolute atomic E-state index is 13.3. The third-order valence-corrected chi connectivity index (χ3v) is 8.32. The van der Waals surface area contributed by atoms with Crippen molar-refractivity contribution in [3.63, 3.8) is 0 Å². The van der Waals surface area contributed by atoms with Crippen molar-refractivity contribution >= 4 is 32.1 Å². The topological polar surface area (TPSA) is 97.5 Å². The third-order valence-electron chi connectivity index (χ3n) is 5.07. The van der Waals surface area contributed by atoms with Crippen molar-refractivity contribution < 1.29 is 48.7 Å². The molecule has 0 unspecified atom stereocenters. The van der Waals surface area contributed by atoms with Crippen LogP contribution in [-0.2, 0) is 15.4 Å². The number of aliphatic hydroxyl groups is 1. The fraction of sp³-hybridized carbons (Fsp3) is 0.143. The molecule has 2 heterocycles. The smallest absolute Gasteiger partial charge is 0.423 e. The third kappa shape index (κ3) is 4.16. The number of benzene rings is 2. The van der Waals surface area contributed by atoms with E-state index < -0.39 is 64.7 Å². The fourth-order valence-corrected chi connectivity index (χ4v) is 5.95. The largest absolute Gasteiger partial charge is 0.431 e. The van der Waals surface area contributed by atoms with E-state index >= 15 is 0 Å². The average Bonchev–Trinajstić information content (AvgIpc) is 3.28. The lowest BCUT2D eigenvalue weighted by atomic mass is 10.0. The molecule has 0 bridgehead atoms. The maximum Gasteiger partial charge on any atom is 0.431 e. The van der Waals surface area contributed by atoms with Gasteiger partial charge in [-0.25, -0.2) is 22.6 Å². The van der Waals surface area contributed by atoms with Gasteiger partial charge < -0.3 is 9.52 Å². The molecule has 2 aromatic heterocycles. The van der Waals surface area contributed by atoms with E-state index in [1.54, 1.807) is 0 Å². The van der Waals surface area contributed by atoms with E-state index in [4.69, 9.17) is 4.42 Å². The van der Waals surface area contributed by atoms with E-state index in [-0.39, 0.29) is 22.7 Å². The molecule has 0 aliphatic carbocycles. The Labute approximate surface area is 200 Å². The van der Waals surface area contributed by atoms with Gasteiger partial charge in [-0.1, -0.05) is 12.1 Å². The summed E-state index contributed by atoms with van der Waals surface area (Å²) >= 11 is -0.512. The van der Waals surface area contributed by atoms with Crippen LogP contribution in [0.4, 0.5) is 30.7 Å². The summed E-state index contributed by atoms with van der Waals surface area (Å²) in [5.41, 5.74) is -5.89. The minimum Gasteiger partial charge on any atom is -0.423 e. The van der Waals surface area contributed by atoms with E-state index in [1.807, 2.05) is 0 Å². The SMILES string of the molecule is O=c1cc(-c2ccc(F)cc2)c2ccc(S(=O)(=O)c3ncc(C(O)(C(F)(F)F)C(F)(F)F)s3)cc2o1. The van der Waals surface area contributed by atoms with Gasteiger partial charge in [0.1, 0.15) is 11.4 Å². The standard InChI is InChI=1S/C21H10F7NO5S2/c22-11-3-1-10(2-4-11)14-8-17(30)34-15-7-12(5-6-13(14)15)36(32,33)18-29-9-16(35-18)19(31,20(23,24)25)21(26,27)28/h1-9,31H. The van der Waals surface area contributed by atoms with Gasteiger partial charge in [-0.15, -0.1) is 11.3 Å². The van der Waals surface area contributed by atoms with Crippen molar-refractivity contribution in [2.75, 3.05) is 0 Å². The number of sulfone groups is 1. The summed E-state index contributed by atoms with van der Waals surface area (Å²) in [5.74, 6) is -0.551. The molecule has 15 heteroatoms. The summed E-state index contributed by atoms with van der Waals surface area (Å²) in [6, 6.07) is 9.05. The Morgan fingerprint density at radius 3 is 2.11 bits per heavy atom. The molecular formula is C21H10F7NO5S2. The van der Waals surface area contributed by atoms with Crippen molar-refractivity contribution in [3.05, 3.63) is 75.8 Å². The molecule has 0 radical (unpaired) electrons. The zero-order valence-electron chi connectivity index (χ0n) is 17.2. The Morgan fingerprint density at radius 1 is 0.917 bits per heavy atom. The number of hydrogen-bond donors (Lipinski definition) is 1. The van der Waals surface area contributed by atoms with Crippen LogP contribution in [0.3, 0.4) is 0 Å². The lowest BCUT2D eigenvalue weighted by Gasteiger charge is -2.30. The zero-order chi connectivity index (χ0) is 26.7. The average molecular weight is 553 g/mol. The summed E-state index contributed by atoms with van der Waals surface area (Å²) in [6.45, 7) is 0. The monoisotopic (exact) mass is 553 g/mol. The van der Waals surface area contributed by atoms with Gasteiger partial charge in [-0.3, -0.25) is 0 Å². The van der Waals surface area contributed by atoms with Gasteiger partial charge in [0.05, 0.1) is 9.77 Å². The number of halogens is 7. The fourth-order valence-electron chi connectivity index (χ4n) is 3.27. The number of hydrogen-bond acceptors (Lipinski definition) is 7. The highest BCUT2D eigenvalue weighted by Gasteiger charge is 2.72. The van der Waals surface area contributed by atoms with Crippen LogP contribution in [0.15, 0.2) is 73.2 Å². The van der Waals surface area contributed by atoms with Gasteiger partial charge in [0.15, 0.2) is 0 Å². The van der Waals surface area contributed by atoms with Crippen molar-refractivity contribution in [2.45, 2.75) is 27.2 Å². The highest BCUT2D eigenvalue weighted by molar-refractivity contribution is 7.93. The second-order valence-corrected chi connectivity index (χ2v) is 10.5. The number of nitrogens with zero attached hydrogens (tertiary/aromatic N) is 1. The van der Waals surface area contributed by atoms with E-state index in [9.17, 15) is 49.1 Å². The molecule has 6 nitrogen and oxygen atoms in total. The van der Waals surface area contributed by atoms with E-state index in [0.717, 1.165) is 30.3 Å². The highest BCUT2D eigenvalue weighted by atomic mass is 32.2. The summed E-state index contributed by atoms with van der Waals surface area (Å²) in [6.07, 6.45) is -12.5. The first kappa shape index (κ1) is 25.8. The minimum atomic E-state index is -6.22. The number of alkyl halides is 6. The second-order valence-electron chi connectivity index (χ2n) is 7.34. The van der Waals surface area contributed by atoms with Crippen molar-refractivity contribution in [1.82, 2.24) is 4.98 Å². The molecule has 0 aliphatic heterocycles. The predicted octanol–water partition coefficient (Wildman–Crippen LogP) is 5.20. The van der Waals surface area contributed by atoms with Crippen LogP contribution in [0, 0.1) is 5.82 Å². The van der Waals surface area contributed by atoms with Gasteiger partial charge in [0, 0.05) is 23.7 Å². The van der Waals surface area contributed by atoms with Gasteiger partial charge in [-0.2, -0.15) is 26.3 Å². The molecule has 36 heavy (non-hydrogen) atoms. The summed E-state index contributed by atoms with van der Waals surface area (Å²) in [7, 11) is -4.81. The Balaban J connectivity index is 1.83. The first-order chi connectivity index (χ1) is 16.6. The van der Waals surface area contributed by atoms with E-state index in [0.29, 0.717) is 5.56 Å². The number of fused-ring (bicyclic) bond motifs is 1. The molecular weight excluding hydrogens is 543 g/mol. The van der Waals surface area contributed by atoms with Gasteiger partial charge in [-0.05, 0) is 35.4 Å². The summed E-state index contributed by atoms with van der Waals surface area (Å²) < 4.78 is 122. The molecule has 0 amide bonds. The van der Waals surface area contributed by atoms with Crippen LogP contribution in [0.2, 0.25) is 0 Å². The molecule has 190 valence electrons. The number of aromatic nitrogens is 1. The molecule has 2 aromatic carbocycles. The van der Waals surface area contributed by atoms with Gasteiger partial charge in [0.2, 0.25) is 14.2 Å². The molecule has 0 saturated heterocycles. The van der Waals surface area contributed by atoms with E-state index in [1.165, 1.54) is 18.2 Å². The van der Waals surface area contributed by atoms with Crippen LogP contribution in [0.25, 0.3) is 22.1 Å². The minimum absolute atomic E-state index is 0.0215. The Morgan fingerprint density at radius 2 is 1.53 bits per heavy atom. The Bertz CT molecular complexity index is 1610. The normalized spacial score (nSPS) is 13.3. The Kier molecular flexibility index (Phi) is 6.00. The molecule has 0 saturated carbocycles. The van der Waals surface area contributed by atoms with Crippen molar-refractivity contribution in [1.29, 1.82) is 0 Å². The van der Waals surface area contributed by atoms with Crippen LogP contribution < -0.4 is 5.63 Å². The Hall–Kier alpha value is -3.30. The van der Waals surface area contributed by atoms with Gasteiger partial charge >= 0.3 is 18.0 Å². The first-order valence-corrected chi connectivity index (χ1v) is 11.8. The second kappa shape index (κ2) is 8.38. The molecule has 0 aliphatic rings. The van der Waals surface area contributed by atoms with Crippen LogP contribution in [0.5, 0.6) is 0 Å².